The van der Waals surface area contributed by atoms with Crippen molar-refractivity contribution in [1.29, 1.82) is 0 Å². The number of nitrogens with two attached hydrogens (primary N) is 1. The molecule has 0 spiro atoms. The van der Waals surface area contributed by atoms with Gasteiger partial charge in [0.05, 0.1) is 5.69 Å². The average molecular weight is 220 g/mol. The molecule has 1 aromatic heterocycles. The SMILES string of the molecule is NC1CCc2nc(C3CCCNC3)cn2C1. The highest BCUT2D eigenvalue weighted by Crippen LogP contribution is 2.24. The van der Waals surface area contributed by atoms with Gasteiger partial charge in [0.2, 0.25) is 0 Å². The second-order valence-corrected chi connectivity index (χ2v) is 5.08. The van der Waals surface area contributed by atoms with Crippen molar-refractivity contribution in [3.8, 4) is 0 Å². The topological polar surface area (TPSA) is 55.9 Å². The quantitative estimate of drug-likeness (QED) is 0.729. The van der Waals surface area contributed by atoms with Gasteiger partial charge in [0, 0.05) is 37.7 Å². The van der Waals surface area contributed by atoms with Crippen LogP contribution in [0.1, 0.15) is 36.7 Å². The first-order valence-corrected chi connectivity index (χ1v) is 6.35. The highest BCUT2D eigenvalue weighted by Gasteiger charge is 2.22. The van der Waals surface area contributed by atoms with Gasteiger partial charge in [-0.15, -0.1) is 0 Å². The zero-order valence-electron chi connectivity index (χ0n) is 9.65. The Balaban J connectivity index is 1.80. The number of hydrogen-bond donors (Lipinski definition) is 2. The van der Waals surface area contributed by atoms with E-state index in [1.165, 1.54) is 24.4 Å². The summed E-state index contributed by atoms with van der Waals surface area (Å²) in [5, 5.41) is 3.45. The van der Waals surface area contributed by atoms with E-state index in [2.05, 4.69) is 16.1 Å². The summed E-state index contributed by atoms with van der Waals surface area (Å²) < 4.78 is 2.26. The lowest BCUT2D eigenvalue weighted by molar-refractivity contribution is 0.453. The highest BCUT2D eigenvalue weighted by molar-refractivity contribution is 5.13. The number of fused-ring (bicyclic) bond motifs is 1. The van der Waals surface area contributed by atoms with E-state index in [-0.39, 0.29) is 0 Å². The Bertz CT molecular complexity index is 365. The molecule has 0 aliphatic carbocycles. The fourth-order valence-electron chi connectivity index (χ4n) is 2.79. The molecule has 2 aliphatic rings. The van der Waals surface area contributed by atoms with Gasteiger partial charge in [0.25, 0.3) is 0 Å². The number of nitrogens with one attached hydrogen (secondary N) is 1. The zero-order chi connectivity index (χ0) is 11.0. The largest absolute Gasteiger partial charge is 0.333 e. The van der Waals surface area contributed by atoms with E-state index >= 15 is 0 Å². The van der Waals surface area contributed by atoms with E-state index in [1.54, 1.807) is 0 Å². The van der Waals surface area contributed by atoms with Gasteiger partial charge in [0.1, 0.15) is 5.82 Å². The van der Waals surface area contributed by atoms with Crippen molar-refractivity contribution in [3.63, 3.8) is 0 Å². The van der Waals surface area contributed by atoms with Gasteiger partial charge < -0.3 is 15.6 Å². The van der Waals surface area contributed by atoms with Gasteiger partial charge in [-0.3, -0.25) is 0 Å². The maximum absolute atomic E-state index is 5.98. The van der Waals surface area contributed by atoms with Crippen LogP contribution >= 0.6 is 0 Å². The van der Waals surface area contributed by atoms with E-state index in [1.807, 2.05) is 0 Å². The number of nitrogens with zero attached hydrogens (tertiary/aromatic N) is 2. The highest BCUT2D eigenvalue weighted by atomic mass is 15.1. The minimum atomic E-state index is 0.319. The van der Waals surface area contributed by atoms with Crippen molar-refractivity contribution >= 4 is 0 Å². The standard InChI is InChI=1S/C12H20N4/c13-10-3-4-12-15-11(8-16(12)7-10)9-2-1-5-14-6-9/h8-10,14H,1-7,13H2. The minimum Gasteiger partial charge on any atom is -0.333 e. The Morgan fingerprint density at radius 2 is 2.38 bits per heavy atom. The number of imidazole rings is 1. The van der Waals surface area contributed by atoms with Crippen molar-refractivity contribution in [1.82, 2.24) is 14.9 Å². The third kappa shape index (κ3) is 1.87. The lowest BCUT2D eigenvalue weighted by atomic mass is 9.97. The van der Waals surface area contributed by atoms with Crippen molar-refractivity contribution in [2.45, 2.75) is 44.2 Å². The van der Waals surface area contributed by atoms with E-state index in [9.17, 15) is 0 Å². The molecule has 2 aliphatic heterocycles. The predicted octanol–water partition coefficient (Wildman–Crippen LogP) is 0.624. The number of aryl methyl sites for hydroxylation is 1. The molecule has 3 heterocycles. The molecule has 0 radical (unpaired) electrons. The normalized spacial score (nSPS) is 30.1. The van der Waals surface area contributed by atoms with Crippen molar-refractivity contribution < 1.29 is 0 Å². The molecule has 2 atom stereocenters. The van der Waals surface area contributed by atoms with Crippen LogP contribution in [0.3, 0.4) is 0 Å². The van der Waals surface area contributed by atoms with Crippen LogP contribution in [0.4, 0.5) is 0 Å². The van der Waals surface area contributed by atoms with Crippen LogP contribution in [0.2, 0.25) is 0 Å². The molecule has 1 fully saturated rings. The maximum Gasteiger partial charge on any atom is 0.109 e. The Hall–Kier alpha value is -0.870. The van der Waals surface area contributed by atoms with Gasteiger partial charge in [-0.1, -0.05) is 0 Å². The fourth-order valence-corrected chi connectivity index (χ4v) is 2.79. The van der Waals surface area contributed by atoms with E-state index in [4.69, 9.17) is 10.7 Å². The summed E-state index contributed by atoms with van der Waals surface area (Å²) in [5.74, 6) is 1.85. The summed E-state index contributed by atoms with van der Waals surface area (Å²) in [6.45, 7) is 3.19. The van der Waals surface area contributed by atoms with Crippen LogP contribution < -0.4 is 11.1 Å². The molecule has 2 unspecified atom stereocenters. The summed E-state index contributed by atoms with van der Waals surface area (Å²) in [5.41, 5.74) is 7.25. The molecule has 0 saturated carbocycles. The van der Waals surface area contributed by atoms with Crippen LogP contribution in [0.15, 0.2) is 6.20 Å². The second kappa shape index (κ2) is 4.18. The third-order valence-electron chi connectivity index (χ3n) is 3.76. The summed E-state index contributed by atoms with van der Waals surface area (Å²) in [6.07, 6.45) is 6.90. The molecule has 4 heteroatoms. The number of rotatable bonds is 1. The van der Waals surface area contributed by atoms with Crippen LogP contribution in [0.25, 0.3) is 0 Å². The first-order valence-electron chi connectivity index (χ1n) is 6.35. The van der Waals surface area contributed by atoms with Crippen molar-refractivity contribution in [2.75, 3.05) is 13.1 Å². The van der Waals surface area contributed by atoms with E-state index in [0.29, 0.717) is 12.0 Å². The molecular formula is C12H20N4. The summed E-state index contributed by atoms with van der Waals surface area (Å²) >= 11 is 0. The molecule has 1 aromatic rings. The predicted molar refractivity (Wildman–Crippen MR) is 63.4 cm³/mol. The second-order valence-electron chi connectivity index (χ2n) is 5.08. The Morgan fingerprint density at radius 3 is 3.19 bits per heavy atom. The summed E-state index contributed by atoms with van der Waals surface area (Å²) in [6, 6.07) is 0.319. The molecule has 16 heavy (non-hydrogen) atoms. The number of aromatic nitrogens is 2. The smallest absolute Gasteiger partial charge is 0.109 e. The molecular weight excluding hydrogens is 200 g/mol. The average Bonchev–Trinajstić information content (AvgIpc) is 2.73. The molecule has 0 amide bonds. The molecule has 0 aromatic carbocycles. The van der Waals surface area contributed by atoms with Crippen LogP contribution in [-0.2, 0) is 13.0 Å². The monoisotopic (exact) mass is 220 g/mol. The first kappa shape index (κ1) is 10.3. The summed E-state index contributed by atoms with van der Waals surface area (Å²) in [7, 11) is 0. The molecule has 0 bridgehead atoms. The molecule has 3 rings (SSSR count). The lowest BCUT2D eigenvalue weighted by Gasteiger charge is -2.20. The van der Waals surface area contributed by atoms with E-state index in [0.717, 1.165) is 32.5 Å². The Labute approximate surface area is 96.2 Å². The lowest BCUT2D eigenvalue weighted by Crippen LogP contribution is -2.31. The zero-order valence-corrected chi connectivity index (χ0v) is 9.65. The Kier molecular flexibility index (Phi) is 2.69. The van der Waals surface area contributed by atoms with Crippen molar-refractivity contribution in [3.05, 3.63) is 17.7 Å². The van der Waals surface area contributed by atoms with Gasteiger partial charge in [-0.25, -0.2) is 4.98 Å². The number of hydrogen-bond acceptors (Lipinski definition) is 3. The van der Waals surface area contributed by atoms with Crippen LogP contribution in [-0.4, -0.2) is 28.7 Å². The molecule has 3 N–H and O–H groups in total. The van der Waals surface area contributed by atoms with Gasteiger partial charge in [-0.2, -0.15) is 0 Å². The van der Waals surface area contributed by atoms with Gasteiger partial charge in [0.15, 0.2) is 0 Å². The van der Waals surface area contributed by atoms with Crippen LogP contribution in [0.5, 0.6) is 0 Å². The fraction of sp³-hybridized carbons (Fsp3) is 0.750. The Morgan fingerprint density at radius 1 is 1.44 bits per heavy atom. The molecule has 88 valence electrons. The van der Waals surface area contributed by atoms with Gasteiger partial charge >= 0.3 is 0 Å². The number of piperidine rings is 1. The minimum absolute atomic E-state index is 0.319. The summed E-state index contributed by atoms with van der Waals surface area (Å²) in [4.78, 5) is 4.78. The molecule has 1 saturated heterocycles. The van der Waals surface area contributed by atoms with E-state index < -0.39 is 0 Å². The van der Waals surface area contributed by atoms with Crippen molar-refractivity contribution in [2.24, 2.45) is 5.73 Å². The maximum atomic E-state index is 5.98. The van der Waals surface area contributed by atoms with Gasteiger partial charge in [-0.05, 0) is 25.8 Å². The third-order valence-corrected chi connectivity index (χ3v) is 3.76. The first-order chi connectivity index (χ1) is 7.83. The van der Waals surface area contributed by atoms with Crippen LogP contribution in [0, 0.1) is 0 Å². The molecule has 4 nitrogen and oxygen atoms in total.